The molecule has 1 aromatic carbocycles. The molecule has 1 unspecified atom stereocenters. The van der Waals surface area contributed by atoms with Crippen LogP contribution in [0.2, 0.25) is 0 Å². The molecule has 6 heteroatoms. The van der Waals surface area contributed by atoms with E-state index in [-0.39, 0.29) is 12.0 Å². The Bertz CT molecular complexity index is 678. The fraction of sp³-hybridized carbons (Fsp3) is 0.556. The maximum Gasteiger partial charge on any atom is 0.410 e. The first-order valence-electron chi connectivity index (χ1n) is 8.34. The third-order valence-corrected chi connectivity index (χ3v) is 4.19. The van der Waals surface area contributed by atoms with Gasteiger partial charge in [0.25, 0.3) is 5.91 Å². The van der Waals surface area contributed by atoms with Crippen LogP contribution in [0.4, 0.5) is 10.5 Å². The van der Waals surface area contributed by atoms with Gasteiger partial charge < -0.3 is 19.7 Å². The van der Waals surface area contributed by atoms with E-state index in [1.165, 1.54) is 0 Å². The van der Waals surface area contributed by atoms with E-state index in [0.29, 0.717) is 24.5 Å². The molecule has 1 atom stereocenters. The molecule has 6 nitrogen and oxygen atoms in total. The van der Waals surface area contributed by atoms with Gasteiger partial charge in [0.2, 0.25) is 0 Å². The zero-order valence-corrected chi connectivity index (χ0v) is 14.6. The summed E-state index contributed by atoms with van der Waals surface area (Å²) in [7, 11) is 0. The summed E-state index contributed by atoms with van der Waals surface area (Å²) in [6, 6.07) is 3.95. The van der Waals surface area contributed by atoms with Gasteiger partial charge >= 0.3 is 6.09 Å². The van der Waals surface area contributed by atoms with Gasteiger partial charge in [0.15, 0.2) is 6.10 Å². The zero-order valence-electron chi connectivity index (χ0n) is 14.6. The first-order valence-corrected chi connectivity index (χ1v) is 8.34. The van der Waals surface area contributed by atoms with Gasteiger partial charge in [-0.05, 0) is 63.8 Å². The van der Waals surface area contributed by atoms with Gasteiger partial charge in [-0.1, -0.05) is 0 Å². The molecule has 1 aromatic rings. The monoisotopic (exact) mass is 332 g/mol. The van der Waals surface area contributed by atoms with Crippen molar-refractivity contribution < 1.29 is 19.1 Å². The predicted molar refractivity (Wildman–Crippen MR) is 90.4 cm³/mol. The number of anilines is 1. The molecular weight excluding hydrogens is 308 g/mol. The summed E-state index contributed by atoms with van der Waals surface area (Å²) in [6.07, 6.45) is 0.707. The average molecular weight is 332 g/mol. The SMILES string of the molecule is CC1Oc2cc3c(cc2NC1=O)CCN(C(=O)OC(C)(C)C)CC3. The second-order valence-electron chi connectivity index (χ2n) is 7.33. The average Bonchev–Trinajstić information content (AvgIpc) is 2.67. The molecule has 2 amide bonds. The van der Waals surface area contributed by atoms with E-state index in [4.69, 9.17) is 9.47 Å². The number of rotatable bonds is 0. The normalized spacial score (nSPS) is 20.2. The number of carbonyl (C=O) groups is 2. The highest BCUT2D eigenvalue weighted by molar-refractivity contribution is 5.97. The second kappa shape index (κ2) is 6.00. The number of hydrogen-bond donors (Lipinski definition) is 1. The molecule has 1 N–H and O–H groups in total. The molecule has 2 aliphatic rings. The van der Waals surface area contributed by atoms with Crippen LogP contribution in [0.3, 0.4) is 0 Å². The fourth-order valence-electron chi connectivity index (χ4n) is 2.94. The van der Waals surface area contributed by atoms with Crippen molar-refractivity contribution in [3.63, 3.8) is 0 Å². The number of nitrogens with zero attached hydrogens (tertiary/aromatic N) is 1. The van der Waals surface area contributed by atoms with Gasteiger partial charge in [-0.2, -0.15) is 0 Å². The molecule has 0 saturated carbocycles. The van der Waals surface area contributed by atoms with Crippen molar-refractivity contribution >= 4 is 17.7 Å². The van der Waals surface area contributed by atoms with Crippen molar-refractivity contribution in [2.45, 2.75) is 52.2 Å². The quantitative estimate of drug-likeness (QED) is 0.793. The summed E-state index contributed by atoms with van der Waals surface area (Å²) in [5.41, 5.74) is 2.51. The van der Waals surface area contributed by atoms with E-state index in [1.54, 1.807) is 11.8 Å². The van der Waals surface area contributed by atoms with E-state index in [9.17, 15) is 9.59 Å². The van der Waals surface area contributed by atoms with E-state index in [2.05, 4.69) is 5.32 Å². The molecule has 0 radical (unpaired) electrons. The standard InChI is InChI=1S/C18H24N2O4/c1-11-16(21)19-14-9-12-5-7-20(17(22)24-18(2,3)4)8-6-13(12)10-15(14)23-11/h9-11H,5-8H2,1-4H3,(H,19,21). The second-order valence-corrected chi connectivity index (χ2v) is 7.33. The molecule has 2 heterocycles. The predicted octanol–water partition coefficient (Wildman–Crippen LogP) is 2.74. The Kier molecular flexibility index (Phi) is 4.15. The lowest BCUT2D eigenvalue weighted by molar-refractivity contribution is -0.122. The largest absolute Gasteiger partial charge is 0.479 e. The smallest absolute Gasteiger partial charge is 0.410 e. The Morgan fingerprint density at radius 1 is 1.25 bits per heavy atom. The van der Waals surface area contributed by atoms with E-state index in [1.807, 2.05) is 32.9 Å². The highest BCUT2D eigenvalue weighted by Gasteiger charge is 2.28. The molecule has 0 spiro atoms. The zero-order chi connectivity index (χ0) is 17.5. The number of amides is 2. The molecule has 0 fully saturated rings. The van der Waals surface area contributed by atoms with Gasteiger partial charge in [-0.25, -0.2) is 4.79 Å². The van der Waals surface area contributed by atoms with E-state index < -0.39 is 11.7 Å². The minimum atomic E-state index is -0.496. The van der Waals surface area contributed by atoms with Crippen LogP contribution in [-0.4, -0.2) is 41.7 Å². The summed E-state index contributed by atoms with van der Waals surface area (Å²) in [6.45, 7) is 8.55. The Morgan fingerprint density at radius 3 is 2.50 bits per heavy atom. The summed E-state index contributed by atoms with van der Waals surface area (Å²) in [5, 5.41) is 2.88. The molecule has 130 valence electrons. The maximum absolute atomic E-state index is 12.3. The van der Waals surface area contributed by atoms with Crippen molar-refractivity contribution in [3.05, 3.63) is 23.3 Å². The van der Waals surface area contributed by atoms with Crippen LogP contribution in [0.1, 0.15) is 38.8 Å². The lowest BCUT2D eigenvalue weighted by atomic mass is 10.0. The van der Waals surface area contributed by atoms with Gasteiger partial charge in [0.1, 0.15) is 11.4 Å². The van der Waals surface area contributed by atoms with Crippen LogP contribution in [0, 0.1) is 0 Å². The Balaban J connectivity index is 1.77. The van der Waals surface area contributed by atoms with Crippen molar-refractivity contribution in [1.82, 2.24) is 4.90 Å². The topological polar surface area (TPSA) is 67.9 Å². The Labute approximate surface area is 142 Å². The molecule has 24 heavy (non-hydrogen) atoms. The van der Waals surface area contributed by atoms with Gasteiger partial charge in [0, 0.05) is 13.1 Å². The number of benzene rings is 1. The Hall–Kier alpha value is -2.24. The summed E-state index contributed by atoms with van der Waals surface area (Å²) in [4.78, 5) is 25.8. The first-order chi connectivity index (χ1) is 11.2. The lowest BCUT2D eigenvalue weighted by Crippen LogP contribution is -2.38. The summed E-state index contributed by atoms with van der Waals surface area (Å²) < 4.78 is 11.1. The lowest BCUT2D eigenvalue weighted by Gasteiger charge is -2.26. The molecule has 0 aliphatic carbocycles. The van der Waals surface area contributed by atoms with E-state index in [0.717, 1.165) is 24.0 Å². The van der Waals surface area contributed by atoms with Gasteiger partial charge in [-0.15, -0.1) is 0 Å². The summed E-state index contributed by atoms with van der Waals surface area (Å²) in [5.74, 6) is 0.568. The highest BCUT2D eigenvalue weighted by atomic mass is 16.6. The van der Waals surface area contributed by atoms with Crippen LogP contribution >= 0.6 is 0 Å². The third-order valence-electron chi connectivity index (χ3n) is 4.19. The molecule has 0 bridgehead atoms. The van der Waals surface area contributed by atoms with Crippen molar-refractivity contribution in [2.75, 3.05) is 18.4 Å². The molecule has 2 aliphatic heterocycles. The van der Waals surface area contributed by atoms with Crippen molar-refractivity contribution in [2.24, 2.45) is 0 Å². The fourth-order valence-corrected chi connectivity index (χ4v) is 2.94. The summed E-state index contributed by atoms with van der Waals surface area (Å²) >= 11 is 0. The molecule has 0 aromatic heterocycles. The number of hydrogen-bond acceptors (Lipinski definition) is 4. The van der Waals surface area contributed by atoms with Crippen LogP contribution in [0.15, 0.2) is 12.1 Å². The Morgan fingerprint density at radius 2 is 1.88 bits per heavy atom. The van der Waals surface area contributed by atoms with Crippen molar-refractivity contribution in [3.8, 4) is 5.75 Å². The van der Waals surface area contributed by atoms with E-state index >= 15 is 0 Å². The molecule has 0 saturated heterocycles. The molecular formula is C18H24N2O4. The number of fused-ring (bicyclic) bond motifs is 2. The highest BCUT2D eigenvalue weighted by Crippen LogP contribution is 2.34. The third kappa shape index (κ3) is 3.47. The number of carbonyl (C=O) groups excluding carboxylic acids is 2. The first kappa shape index (κ1) is 16.6. The minimum Gasteiger partial charge on any atom is -0.479 e. The van der Waals surface area contributed by atoms with Crippen molar-refractivity contribution in [1.29, 1.82) is 0 Å². The number of nitrogens with one attached hydrogen (secondary N) is 1. The maximum atomic E-state index is 12.3. The van der Waals surface area contributed by atoms with Gasteiger partial charge in [0.05, 0.1) is 5.69 Å². The van der Waals surface area contributed by atoms with Crippen LogP contribution in [-0.2, 0) is 22.4 Å². The van der Waals surface area contributed by atoms with Crippen LogP contribution < -0.4 is 10.1 Å². The number of ether oxygens (including phenoxy) is 2. The van der Waals surface area contributed by atoms with Crippen LogP contribution in [0.5, 0.6) is 5.75 Å². The minimum absolute atomic E-state index is 0.133. The van der Waals surface area contributed by atoms with Gasteiger partial charge in [-0.3, -0.25) is 4.79 Å². The molecule has 3 rings (SSSR count). The van der Waals surface area contributed by atoms with Crippen LogP contribution in [0.25, 0.3) is 0 Å².